The van der Waals surface area contributed by atoms with Crippen molar-refractivity contribution in [3.63, 3.8) is 0 Å². The topological polar surface area (TPSA) is 55.1 Å². The third-order valence-corrected chi connectivity index (χ3v) is 2.27. The minimum Gasteiger partial charge on any atom is -0.354 e. The second-order valence-corrected chi connectivity index (χ2v) is 3.53. The number of hydrogen-bond donors (Lipinski definition) is 2. The molecule has 1 aromatic rings. The van der Waals surface area contributed by atoms with E-state index in [-0.39, 0.29) is 5.91 Å². The molecular formula is C12H18N2O. The molecule has 0 aliphatic rings. The van der Waals surface area contributed by atoms with Crippen LogP contribution in [0, 0.1) is 0 Å². The predicted octanol–water partition coefficient (Wildman–Crippen LogP) is 1.60. The van der Waals surface area contributed by atoms with Crippen molar-refractivity contribution in [1.29, 1.82) is 0 Å². The molecule has 0 saturated heterocycles. The van der Waals surface area contributed by atoms with Gasteiger partial charge in [0, 0.05) is 6.54 Å². The first-order valence-corrected chi connectivity index (χ1v) is 5.34. The van der Waals surface area contributed by atoms with Crippen molar-refractivity contribution in [2.75, 3.05) is 6.54 Å². The van der Waals surface area contributed by atoms with Crippen LogP contribution in [0.3, 0.4) is 0 Å². The van der Waals surface area contributed by atoms with Gasteiger partial charge >= 0.3 is 0 Å². The number of benzene rings is 1. The van der Waals surface area contributed by atoms with Crippen LogP contribution in [0.1, 0.15) is 31.4 Å². The van der Waals surface area contributed by atoms with Gasteiger partial charge < -0.3 is 11.1 Å². The maximum atomic E-state index is 11.6. The van der Waals surface area contributed by atoms with E-state index in [0.29, 0.717) is 6.54 Å². The summed E-state index contributed by atoms with van der Waals surface area (Å²) in [5.74, 6) is -0.102. The Bertz CT molecular complexity index is 298. The number of nitrogens with two attached hydrogens (primary N) is 1. The molecule has 82 valence electrons. The lowest BCUT2D eigenvalue weighted by molar-refractivity contribution is -0.122. The van der Waals surface area contributed by atoms with Gasteiger partial charge in [0.15, 0.2) is 0 Å². The summed E-state index contributed by atoms with van der Waals surface area (Å²) in [5.41, 5.74) is 6.66. The lowest BCUT2D eigenvalue weighted by Gasteiger charge is -2.11. The van der Waals surface area contributed by atoms with E-state index in [2.05, 4.69) is 12.2 Å². The zero-order chi connectivity index (χ0) is 11.1. The Kier molecular flexibility index (Phi) is 4.84. The van der Waals surface area contributed by atoms with E-state index in [4.69, 9.17) is 5.73 Å². The molecule has 0 bridgehead atoms. The normalized spacial score (nSPS) is 12.1. The first-order valence-electron chi connectivity index (χ1n) is 5.34. The highest BCUT2D eigenvalue weighted by Gasteiger charge is 2.13. The van der Waals surface area contributed by atoms with Crippen molar-refractivity contribution in [3.8, 4) is 0 Å². The number of carbonyl (C=O) groups excluding carboxylic acids is 1. The first kappa shape index (κ1) is 11.7. The third kappa shape index (κ3) is 3.72. The van der Waals surface area contributed by atoms with Gasteiger partial charge in [-0.15, -0.1) is 0 Å². The smallest absolute Gasteiger partial charge is 0.241 e. The Hall–Kier alpha value is -1.35. The van der Waals surface area contributed by atoms with Crippen LogP contribution in [-0.4, -0.2) is 12.5 Å². The number of unbranched alkanes of at least 4 members (excludes halogenated alkanes) is 1. The Balaban J connectivity index is 2.46. The summed E-state index contributed by atoms with van der Waals surface area (Å²) in [5, 5.41) is 2.82. The summed E-state index contributed by atoms with van der Waals surface area (Å²) in [7, 11) is 0. The number of rotatable bonds is 5. The molecule has 15 heavy (non-hydrogen) atoms. The SMILES string of the molecule is CCCCNC(=O)C(N)c1ccccc1. The van der Waals surface area contributed by atoms with Gasteiger partial charge in [0.05, 0.1) is 0 Å². The number of nitrogens with one attached hydrogen (secondary N) is 1. The molecule has 1 amide bonds. The van der Waals surface area contributed by atoms with E-state index in [1.54, 1.807) is 0 Å². The lowest BCUT2D eigenvalue weighted by atomic mass is 10.1. The van der Waals surface area contributed by atoms with Gasteiger partial charge in [0.1, 0.15) is 6.04 Å². The van der Waals surface area contributed by atoms with Crippen LogP contribution in [0.4, 0.5) is 0 Å². The largest absolute Gasteiger partial charge is 0.354 e. The Morgan fingerprint density at radius 2 is 2.07 bits per heavy atom. The zero-order valence-corrected chi connectivity index (χ0v) is 9.07. The molecule has 0 fully saturated rings. The van der Waals surface area contributed by atoms with Gasteiger partial charge in [-0.3, -0.25) is 4.79 Å². The minimum atomic E-state index is -0.553. The predicted molar refractivity (Wildman–Crippen MR) is 61.3 cm³/mol. The molecule has 1 atom stereocenters. The van der Waals surface area contributed by atoms with Gasteiger partial charge in [-0.05, 0) is 12.0 Å². The van der Waals surface area contributed by atoms with Crippen molar-refractivity contribution in [2.45, 2.75) is 25.8 Å². The van der Waals surface area contributed by atoms with Crippen LogP contribution in [0.25, 0.3) is 0 Å². The molecule has 1 rings (SSSR count). The zero-order valence-electron chi connectivity index (χ0n) is 9.07. The number of amides is 1. The molecule has 3 N–H and O–H groups in total. The highest BCUT2D eigenvalue weighted by Crippen LogP contribution is 2.08. The standard InChI is InChI=1S/C12H18N2O/c1-2-3-9-14-12(15)11(13)10-7-5-4-6-8-10/h4-8,11H,2-3,9,13H2,1H3,(H,14,15). The van der Waals surface area contributed by atoms with Crippen molar-refractivity contribution in [3.05, 3.63) is 35.9 Å². The fourth-order valence-corrected chi connectivity index (χ4v) is 1.31. The average molecular weight is 206 g/mol. The lowest BCUT2D eigenvalue weighted by Crippen LogP contribution is -2.34. The minimum absolute atomic E-state index is 0.102. The van der Waals surface area contributed by atoms with E-state index in [0.717, 1.165) is 18.4 Å². The molecule has 0 aliphatic heterocycles. The van der Waals surface area contributed by atoms with Crippen LogP contribution in [0.15, 0.2) is 30.3 Å². The maximum Gasteiger partial charge on any atom is 0.241 e. The summed E-state index contributed by atoms with van der Waals surface area (Å²) >= 11 is 0. The van der Waals surface area contributed by atoms with Crippen molar-refractivity contribution in [1.82, 2.24) is 5.32 Å². The van der Waals surface area contributed by atoms with Crippen molar-refractivity contribution in [2.24, 2.45) is 5.73 Å². The molecular weight excluding hydrogens is 188 g/mol. The first-order chi connectivity index (χ1) is 7.25. The molecule has 3 heteroatoms. The highest BCUT2D eigenvalue weighted by atomic mass is 16.2. The second kappa shape index (κ2) is 6.19. The van der Waals surface area contributed by atoms with Gasteiger partial charge in [-0.25, -0.2) is 0 Å². The molecule has 0 aliphatic carbocycles. The van der Waals surface area contributed by atoms with E-state index >= 15 is 0 Å². The van der Waals surface area contributed by atoms with E-state index in [1.807, 2.05) is 30.3 Å². The third-order valence-electron chi connectivity index (χ3n) is 2.27. The Labute approximate surface area is 90.7 Å². The Morgan fingerprint density at radius 1 is 1.40 bits per heavy atom. The monoisotopic (exact) mass is 206 g/mol. The summed E-state index contributed by atoms with van der Waals surface area (Å²) < 4.78 is 0. The van der Waals surface area contributed by atoms with Crippen LogP contribution < -0.4 is 11.1 Å². The van der Waals surface area contributed by atoms with E-state index in [1.165, 1.54) is 0 Å². The summed E-state index contributed by atoms with van der Waals surface area (Å²) in [4.78, 5) is 11.6. The maximum absolute atomic E-state index is 11.6. The second-order valence-electron chi connectivity index (χ2n) is 3.53. The molecule has 0 heterocycles. The van der Waals surface area contributed by atoms with Gasteiger partial charge in [-0.2, -0.15) is 0 Å². The summed E-state index contributed by atoms with van der Waals surface area (Å²) in [6, 6.07) is 8.85. The van der Waals surface area contributed by atoms with Gasteiger partial charge in [0.25, 0.3) is 0 Å². The van der Waals surface area contributed by atoms with Gasteiger partial charge in [-0.1, -0.05) is 43.7 Å². The highest BCUT2D eigenvalue weighted by molar-refractivity contribution is 5.82. The number of carbonyl (C=O) groups is 1. The molecule has 0 radical (unpaired) electrons. The van der Waals surface area contributed by atoms with Gasteiger partial charge in [0.2, 0.25) is 5.91 Å². The fourth-order valence-electron chi connectivity index (χ4n) is 1.31. The van der Waals surface area contributed by atoms with E-state index in [9.17, 15) is 4.79 Å². The molecule has 3 nitrogen and oxygen atoms in total. The van der Waals surface area contributed by atoms with E-state index < -0.39 is 6.04 Å². The molecule has 0 saturated carbocycles. The van der Waals surface area contributed by atoms with Crippen molar-refractivity contribution >= 4 is 5.91 Å². The Morgan fingerprint density at radius 3 is 2.67 bits per heavy atom. The fraction of sp³-hybridized carbons (Fsp3) is 0.417. The van der Waals surface area contributed by atoms with Crippen molar-refractivity contribution < 1.29 is 4.79 Å². The summed E-state index contributed by atoms with van der Waals surface area (Å²) in [6.45, 7) is 2.79. The van der Waals surface area contributed by atoms with Crippen LogP contribution in [0.2, 0.25) is 0 Å². The van der Waals surface area contributed by atoms with Crippen LogP contribution in [0.5, 0.6) is 0 Å². The quantitative estimate of drug-likeness (QED) is 0.719. The molecule has 0 aromatic heterocycles. The average Bonchev–Trinajstić information content (AvgIpc) is 2.29. The molecule has 1 aromatic carbocycles. The summed E-state index contributed by atoms with van der Waals surface area (Å²) in [6.07, 6.45) is 2.06. The van der Waals surface area contributed by atoms with Crippen LogP contribution >= 0.6 is 0 Å². The number of hydrogen-bond acceptors (Lipinski definition) is 2. The van der Waals surface area contributed by atoms with Crippen LogP contribution in [-0.2, 0) is 4.79 Å². The molecule has 0 spiro atoms. The molecule has 1 unspecified atom stereocenters.